The van der Waals surface area contributed by atoms with Crippen LogP contribution in [0.4, 0.5) is 19.0 Å². The van der Waals surface area contributed by atoms with Gasteiger partial charge in [-0.2, -0.15) is 18.3 Å². The number of carbonyl (C=O) groups excluding carboxylic acids is 1. The molecule has 1 atom stereocenters. The molecule has 2 aliphatic heterocycles. The highest BCUT2D eigenvalue weighted by molar-refractivity contribution is 5.95. The van der Waals surface area contributed by atoms with Crippen molar-refractivity contribution in [2.75, 3.05) is 37.7 Å². The number of anilines is 1. The Morgan fingerprint density at radius 1 is 1.10 bits per heavy atom. The minimum Gasteiger partial charge on any atom is -0.394 e. The minimum absolute atomic E-state index is 0.0839. The van der Waals surface area contributed by atoms with Crippen LogP contribution in [0.1, 0.15) is 15.9 Å². The monoisotopic (exact) mass is 551 g/mol. The predicted octanol–water partition coefficient (Wildman–Crippen LogP) is 2.34. The normalized spacial score (nSPS) is 17.6. The Labute approximate surface area is 225 Å². The number of aliphatic imine (C=N–C) groups is 1. The molecule has 4 aromatic rings. The van der Waals surface area contributed by atoms with Gasteiger partial charge in [0.25, 0.3) is 5.91 Å². The van der Waals surface area contributed by atoms with E-state index >= 15 is 0 Å². The molecule has 6 rings (SSSR count). The lowest BCUT2D eigenvalue weighted by atomic mass is 10.0. The fourth-order valence-electron chi connectivity index (χ4n) is 4.94. The number of fused-ring (bicyclic) bond motifs is 1. The first kappa shape index (κ1) is 25.7. The molecule has 1 saturated heterocycles. The van der Waals surface area contributed by atoms with Gasteiger partial charge in [0.1, 0.15) is 17.2 Å². The zero-order chi connectivity index (χ0) is 27.9. The second-order valence-corrected chi connectivity index (χ2v) is 9.40. The van der Waals surface area contributed by atoms with Crippen molar-refractivity contribution in [2.24, 2.45) is 4.99 Å². The Bertz CT molecular complexity index is 1620. The van der Waals surface area contributed by atoms with Crippen LogP contribution in [0, 0.1) is 0 Å². The highest BCUT2D eigenvalue weighted by Gasteiger charge is 2.35. The van der Waals surface area contributed by atoms with Gasteiger partial charge in [-0.3, -0.25) is 18.9 Å². The largest absolute Gasteiger partial charge is 0.417 e. The van der Waals surface area contributed by atoms with Crippen LogP contribution in [0.25, 0.3) is 17.2 Å². The molecule has 0 aromatic carbocycles. The number of amides is 1. The quantitative estimate of drug-likeness (QED) is 0.391. The van der Waals surface area contributed by atoms with Gasteiger partial charge in [-0.05, 0) is 23.8 Å². The summed E-state index contributed by atoms with van der Waals surface area (Å²) in [6.07, 6.45) is 6.36. The second kappa shape index (κ2) is 10.2. The molecule has 1 fully saturated rings. The van der Waals surface area contributed by atoms with Crippen molar-refractivity contribution < 1.29 is 23.1 Å². The summed E-state index contributed by atoms with van der Waals surface area (Å²) in [5.41, 5.74) is 1.22. The first-order chi connectivity index (χ1) is 19.3. The molecule has 0 radical (unpaired) electrons. The van der Waals surface area contributed by atoms with Crippen LogP contribution in [0.2, 0.25) is 0 Å². The molecule has 40 heavy (non-hydrogen) atoms. The summed E-state index contributed by atoms with van der Waals surface area (Å²) in [5, 5.41) is 13.3. The van der Waals surface area contributed by atoms with Gasteiger partial charge in [0.15, 0.2) is 5.82 Å². The van der Waals surface area contributed by atoms with Crippen LogP contribution in [0.5, 0.6) is 0 Å². The van der Waals surface area contributed by atoms with Crippen molar-refractivity contribution in [3.05, 3.63) is 72.0 Å². The van der Waals surface area contributed by atoms with Crippen molar-refractivity contribution >= 4 is 23.6 Å². The molecule has 0 bridgehead atoms. The van der Waals surface area contributed by atoms with E-state index in [1.165, 1.54) is 27.5 Å². The molecule has 4 aromatic heterocycles. The van der Waals surface area contributed by atoms with Crippen molar-refractivity contribution in [2.45, 2.75) is 18.8 Å². The maximum absolute atomic E-state index is 13.5. The zero-order valence-corrected chi connectivity index (χ0v) is 21.1. The third-order valence-corrected chi connectivity index (χ3v) is 6.93. The van der Waals surface area contributed by atoms with Gasteiger partial charge < -0.3 is 14.9 Å². The summed E-state index contributed by atoms with van der Waals surface area (Å²) in [4.78, 5) is 34.8. The topological polar surface area (TPSA) is 117 Å². The number of alkyl halides is 3. The van der Waals surface area contributed by atoms with Gasteiger partial charge in [0.05, 0.1) is 49.3 Å². The molecule has 11 nitrogen and oxygen atoms in total. The third-order valence-electron chi connectivity index (χ3n) is 6.93. The Hall–Kier alpha value is -4.59. The van der Waals surface area contributed by atoms with Crippen LogP contribution in [-0.4, -0.2) is 90.1 Å². The summed E-state index contributed by atoms with van der Waals surface area (Å²) < 4.78 is 42.9. The van der Waals surface area contributed by atoms with E-state index in [9.17, 15) is 23.1 Å². The molecule has 14 heteroatoms. The summed E-state index contributed by atoms with van der Waals surface area (Å²) in [6, 6.07) is 3.72. The lowest BCUT2D eigenvalue weighted by molar-refractivity contribution is -0.137. The summed E-state index contributed by atoms with van der Waals surface area (Å²) in [7, 11) is 0. The lowest BCUT2D eigenvalue weighted by Crippen LogP contribution is -2.56. The number of imidazole rings is 1. The number of aromatic nitrogens is 6. The van der Waals surface area contributed by atoms with Crippen molar-refractivity contribution in [1.29, 1.82) is 0 Å². The van der Waals surface area contributed by atoms with Crippen molar-refractivity contribution in [3.8, 4) is 11.5 Å². The van der Waals surface area contributed by atoms with E-state index in [0.717, 1.165) is 17.8 Å². The van der Waals surface area contributed by atoms with E-state index in [-0.39, 0.29) is 24.4 Å². The van der Waals surface area contributed by atoms with Crippen molar-refractivity contribution in [3.63, 3.8) is 0 Å². The fourth-order valence-corrected chi connectivity index (χ4v) is 4.94. The average Bonchev–Trinajstić information content (AvgIpc) is 3.73. The van der Waals surface area contributed by atoms with Crippen LogP contribution in [0.15, 0.2) is 65.8 Å². The van der Waals surface area contributed by atoms with E-state index in [1.807, 2.05) is 11.0 Å². The van der Waals surface area contributed by atoms with Gasteiger partial charge >= 0.3 is 6.18 Å². The van der Waals surface area contributed by atoms with Crippen LogP contribution >= 0.6 is 0 Å². The number of hydrogen-bond donors (Lipinski definition) is 1. The number of aliphatic hydroxyl groups is 1. The lowest BCUT2D eigenvalue weighted by Gasteiger charge is -2.42. The number of carbonyl (C=O) groups is 1. The average molecular weight is 552 g/mol. The van der Waals surface area contributed by atoms with Gasteiger partial charge in [0.2, 0.25) is 0 Å². The molecule has 206 valence electrons. The van der Waals surface area contributed by atoms with Gasteiger partial charge in [-0.15, -0.1) is 0 Å². The SMILES string of the molecule is O=C(c1cnn(CCO)c1)N1CCN(c2ccnc(-c3cnc4ccc(C(F)(F)F)cn34)n2)CC1C1=CCN=C1. The first-order valence-corrected chi connectivity index (χ1v) is 12.6. The van der Waals surface area contributed by atoms with E-state index in [2.05, 4.69) is 25.0 Å². The Morgan fingerprint density at radius 3 is 2.75 bits per heavy atom. The van der Waals surface area contributed by atoms with Gasteiger partial charge in [-0.25, -0.2) is 15.0 Å². The van der Waals surface area contributed by atoms with E-state index in [1.54, 1.807) is 29.6 Å². The highest BCUT2D eigenvalue weighted by Crippen LogP contribution is 2.31. The van der Waals surface area contributed by atoms with Crippen LogP contribution in [0.3, 0.4) is 0 Å². The number of piperazine rings is 1. The van der Waals surface area contributed by atoms with Crippen LogP contribution in [-0.2, 0) is 12.7 Å². The molecule has 6 heterocycles. The van der Waals surface area contributed by atoms with E-state index in [0.29, 0.717) is 55.4 Å². The number of pyridine rings is 1. The maximum atomic E-state index is 13.5. The molecule has 2 aliphatic rings. The van der Waals surface area contributed by atoms with Gasteiger partial charge in [-0.1, -0.05) is 6.08 Å². The Morgan fingerprint density at radius 2 is 1.98 bits per heavy atom. The highest BCUT2D eigenvalue weighted by atomic mass is 19.4. The standard InChI is InChI=1S/C26H24F3N9O2/c27-26(28,29)19-1-2-22-32-13-20(38(22)15-19)24-31-6-4-23(34-24)35-7-8-37(21(16-35)17-3-5-30-11-17)25(40)18-12-33-36(14-18)9-10-39/h1-4,6,11-15,21,39H,5,7-10,16H2. The molecule has 0 saturated carbocycles. The third kappa shape index (κ3) is 4.81. The van der Waals surface area contributed by atoms with Gasteiger partial charge in [0, 0.05) is 44.4 Å². The number of nitrogens with zero attached hydrogens (tertiary/aromatic N) is 9. The molecule has 1 N–H and O–H groups in total. The predicted molar refractivity (Wildman–Crippen MR) is 139 cm³/mol. The Kier molecular flexibility index (Phi) is 6.54. The van der Waals surface area contributed by atoms with Crippen LogP contribution < -0.4 is 4.90 Å². The second-order valence-electron chi connectivity index (χ2n) is 9.40. The van der Waals surface area contributed by atoms with Crippen molar-refractivity contribution in [1.82, 2.24) is 34.0 Å². The molecule has 0 spiro atoms. The maximum Gasteiger partial charge on any atom is 0.417 e. The number of hydrogen-bond acceptors (Lipinski definition) is 8. The molecule has 1 amide bonds. The number of rotatable bonds is 6. The smallest absolute Gasteiger partial charge is 0.394 e. The van der Waals surface area contributed by atoms with E-state index < -0.39 is 11.7 Å². The Balaban J connectivity index is 1.28. The zero-order valence-electron chi connectivity index (χ0n) is 21.1. The summed E-state index contributed by atoms with van der Waals surface area (Å²) >= 11 is 0. The molecular formula is C26H24F3N9O2. The summed E-state index contributed by atoms with van der Waals surface area (Å²) in [6.45, 7) is 2.04. The summed E-state index contributed by atoms with van der Waals surface area (Å²) in [5.74, 6) is 0.636. The molecule has 0 aliphatic carbocycles. The molecule has 1 unspecified atom stereocenters. The number of halogens is 3. The molecular weight excluding hydrogens is 527 g/mol. The minimum atomic E-state index is -4.50. The fraction of sp³-hybridized carbons (Fsp3) is 0.308. The number of aliphatic hydroxyl groups excluding tert-OH is 1. The first-order valence-electron chi connectivity index (χ1n) is 12.6. The van der Waals surface area contributed by atoms with E-state index in [4.69, 9.17) is 0 Å².